The highest BCUT2D eigenvalue weighted by atomic mass is 35.5. The van der Waals surface area contributed by atoms with E-state index in [1.165, 1.54) is 35.7 Å². The Kier molecular flexibility index (Phi) is 7.54. The van der Waals surface area contributed by atoms with E-state index in [1.54, 1.807) is 26.3 Å². The molecular weight excluding hydrogens is 586 g/mol. The third kappa shape index (κ3) is 5.53. The minimum absolute atomic E-state index is 0.0248. The van der Waals surface area contributed by atoms with Gasteiger partial charge < -0.3 is 28.8 Å². The van der Waals surface area contributed by atoms with Crippen LogP contribution in [0.25, 0.3) is 31.7 Å². The Labute approximate surface area is 248 Å². The molecule has 1 unspecified atom stereocenters. The SMILES string of the molecule is COc1cnc2c(-c3nc4ccc5c(c4s3)OC[C@@H](OC(=O)N(C)c3cnc(OCC(C)O)nc3)O5)cc(Cl)cc2c1. The molecule has 216 valence electrons. The zero-order valence-corrected chi connectivity index (χ0v) is 24.2. The molecule has 2 aromatic carbocycles. The number of hydrogen-bond donors (Lipinski definition) is 1. The molecule has 0 saturated heterocycles. The Morgan fingerprint density at radius 2 is 2.02 bits per heavy atom. The summed E-state index contributed by atoms with van der Waals surface area (Å²) in [6, 6.07) is 9.16. The molecule has 0 bridgehead atoms. The minimum Gasteiger partial charge on any atom is -0.495 e. The average molecular weight is 610 g/mol. The molecule has 0 radical (unpaired) electrons. The molecule has 1 aliphatic heterocycles. The third-order valence-corrected chi connectivity index (χ3v) is 7.57. The molecule has 1 amide bonds. The zero-order valence-electron chi connectivity index (χ0n) is 22.6. The van der Waals surface area contributed by atoms with Gasteiger partial charge in [-0.15, -0.1) is 11.3 Å². The van der Waals surface area contributed by atoms with Crippen LogP contribution in [0.15, 0.2) is 48.9 Å². The molecule has 5 aromatic rings. The number of carbonyl (C=O) groups excluding carboxylic acids is 1. The number of methoxy groups -OCH3 is 1. The van der Waals surface area contributed by atoms with Crippen molar-refractivity contribution in [1.82, 2.24) is 19.9 Å². The molecule has 42 heavy (non-hydrogen) atoms. The van der Waals surface area contributed by atoms with Gasteiger partial charge in [-0.2, -0.15) is 0 Å². The maximum absolute atomic E-state index is 12.8. The maximum Gasteiger partial charge on any atom is 0.417 e. The lowest BCUT2D eigenvalue weighted by Gasteiger charge is -2.27. The summed E-state index contributed by atoms with van der Waals surface area (Å²) in [5, 5.41) is 11.4. The second-order valence-electron chi connectivity index (χ2n) is 9.35. The van der Waals surface area contributed by atoms with Crippen molar-refractivity contribution < 1.29 is 33.6 Å². The number of thiazole rings is 1. The number of pyridine rings is 1. The smallest absolute Gasteiger partial charge is 0.417 e. The van der Waals surface area contributed by atoms with E-state index in [0.29, 0.717) is 33.0 Å². The van der Waals surface area contributed by atoms with Crippen LogP contribution < -0.4 is 23.8 Å². The van der Waals surface area contributed by atoms with E-state index in [0.717, 1.165) is 26.7 Å². The van der Waals surface area contributed by atoms with E-state index in [4.69, 9.17) is 40.3 Å². The van der Waals surface area contributed by atoms with Gasteiger partial charge in [-0.3, -0.25) is 9.88 Å². The highest BCUT2D eigenvalue weighted by Crippen LogP contribution is 2.45. The van der Waals surface area contributed by atoms with Crippen LogP contribution in [0.3, 0.4) is 0 Å². The van der Waals surface area contributed by atoms with Gasteiger partial charge in [-0.1, -0.05) is 11.6 Å². The third-order valence-electron chi connectivity index (χ3n) is 6.25. The molecule has 6 rings (SSSR count). The summed E-state index contributed by atoms with van der Waals surface area (Å²) in [5.74, 6) is 1.57. The number of aliphatic hydroxyl groups is 1. The Balaban J connectivity index is 1.18. The number of ether oxygens (including phenoxy) is 5. The van der Waals surface area contributed by atoms with Crippen LogP contribution in [0.4, 0.5) is 10.5 Å². The Morgan fingerprint density at radius 1 is 1.21 bits per heavy atom. The van der Waals surface area contributed by atoms with Crippen LogP contribution in [0.1, 0.15) is 6.92 Å². The van der Waals surface area contributed by atoms with Crippen LogP contribution in [-0.2, 0) is 4.74 Å². The fourth-order valence-corrected chi connectivity index (χ4v) is 5.50. The largest absolute Gasteiger partial charge is 0.495 e. The molecule has 3 aromatic heterocycles. The quantitative estimate of drug-likeness (QED) is 0.264. The summed E-state index contributed by atoms with van der Waals surface area (Å²) in [5.41, 5.74) is 2.62. The Hall–Kier alpha value is -4.46. The molecule has 0 aliphatic carbocycles. The highest BCUT2D eigenvalue weighted by molar-refractivity contribution is 7.22. The molecule has 2 atom stereocenters. The van der Waals surface area contributed by atoms with Crippen LogP contribution in [0, 0.1) is 0 Å². The Bertz CT molecular complexity index is 1780. The number of benzene rings is 2. The number of nitrogens with zero attached hydrogens (tertiary/aromatic N) is 5. The van der Waals surface area contributed by atoms with Crippen molar-refractivity contribution >= 4 is 55.8 Å². The summed E-state index contributed by atoms with van der Waals surface area (Å²) in [7, 11) is 3.10. The Morgan fingerprint density at radius 3 is 2.79 bits per heavy atom. The van der Waals surface area contributed by atoms with Gasteiger partial charge in [0, 0.05) is 23.0 Å². The summed E-state index contributed by atoms with van der Waals surface area (Å²) < 4.78 is 28.8. The van der Waals surface area contributed by atoms with Gasteiger partial charge in [-0.05, 0) is 37.3 Å². The number of aromatic nitrogens is 4. The van der Waals surface area contributed by atoms with E-state index in [9.17, 15) is 9.90 Å². The van der Waals surface area contributed by atoms with Crippen molar-refractivity contribution in [3.63, 3.8) is 0 Å². The number of fused-ring (bicyclic) bond motifs is 4. The van der Waals surface area contributed by atoms with Gasteiger partial charge in [-0.25, -0.2) is 19.7 Å². The van der Waals surface area contributed by atoms with Gasteiger partial charge in [0.15, 0.2) is 18.1 Å². The zero-order chi connectivity index (χ0) is 29.4. The van der Waals surface area contributed by atoms with E-state index in [2.05, 4.69) is 15.0 Å². The fourth-order valence-electron chi connectivity index (χ4n) is 4.20. The van der Waals surface area contributed by atoms with Crippen LogP contribution in [-0.4, -0.2) is 70.9 Å². The standard InChI is InChI=1S/C28H24ClN5O7S/c1-14(35)12-39-27-31-9-17(10-32-27)34(2)28(36)41-22-13-38-24-21(40-22)5-4-20-25(24)42-26(33-20)19-8-16(29)6-15-7-18(37-3)11-30-23(15)19/h4-11,14,22,35H,12-13H2,1-3H3/t14?,22-/m1/s1. The predicted octanol–water partition coefficient (Wildman–Crippen LogP) is 5.09. The van der Waals surface area contributed by atoms with Gasteiger partial charge in [0.2, 0.25) is 0 Å². The summed E-state index contributed by atoms with van der Waals surface area (Å²) in [6.45, 7) is 1.61. The molecule has 14 heteroatoms. The number of rotatable bonds is 7. The lowest BCUT2D eigenvalue weighted by atomic mass is 10.1. The number of anilines is 1. The fraction of sp³-hybridized carbons (Fsp3) is 0.250. The topological polar surface area (TPSA) is 138 Å². The van der Waals surface area contributed by atoms with Crippen LogP contribution in [0.2, 0.25) is 5.02 Å². The van der Waals surface area contributed by atoms with Crippen molar-refractivity contribution in [2.45, 2.75) is 19.3 Å². The number of hydrogen-bond acceptors (Lipinski definition) is 12. The van der Waals surface area contributed by atoms with Crippen molar-refractivity contribution in [1.29, 1.82) is 0 Å². The molecule has 0 fully saturated rings. The second kappa shape index (κ2) is 11.4. The van der Waals surface area contributed by atoms with E-state index >= 15 is 0 Å². The van der Waals surface area contributed by atoms with Gasteiger partial charge in [0.1, 0.15) is 22.1 Å². The first-order valence-corrected chi connectivity index (χ1v) is 13.9. The predicted molar refractivity (Wildman–Crippen MR) is 156 cm³/mol. The molecule has 12 nitrogen and oxygen atoms in total. The first-order valence-electron chi connectivity index (χ1n) is 12.7. The molecule has 0 spiro atoms. The molecule has 0 saturated carbocycles. The molecular formula is C28H24ClN5O7S. The van der Waals surface area contributed by atoms with E-state index in [1.807, 2.05) is 24.3 Å². The first kappa shape index (κ1) is 27.7. The second-order valence-corrected chi connectivity index (χ2v) is 10.8. The maximum atomic E-state index is 12.8. The van der Waals surface area contributed by atoms with Crippen molar-refractivity contribution in [2.24, 2.45) is 0 Å². The number of carbonyl (C=O) groups is 1. The molecule has 1 N–H and O–H groups in total. The highest BCUT2D eigenvalue weighted by Gasteiger charge is 2.29. The lowest BCUT2D eigenvalue weighted by molar-refractivity contribution is -0.0717. The molecule has 4 heterocycles. The van der Waals surface area contributed by atoms with Gasteiger partial charge in [0.25, 0.3) is 6.29 Å². The van der Waals surface area contributed by atoms with Crippen molar-refractivity contribution in [3.8, 4) is 33.8 Å². The number of aliphatic hydroxyl groups excluding tert-OH is 1. The number of halogens is 1. The van der Waals surface area contributed by atoms with Crippen molar-refractivity contribution in [3.05, 3.63) is 53.9 Å². The lowest BCUT2D eigenvalue weighted by Crippen LogP contribution is -2.38. The van der Waals surface area contributed by atoms with E-state index in [-0.39, 0.29) is 19.2 Å². The minimum atomic E-state index is -0.983. The summed E-state index contributed by atoms with van der Waals surface area (Å²) in [6.07, 6.45) is 2.14. The van der Waals surface area contributed by atoms with Gasteiger partial charge >= 0.3 is 12.1 Å². The average Bonchev–Trinajstić information content (AvgIpc) is 3.43. The monoisotopic (exact) mass is 609 g/mol. The van der Waals surface area contributed by atoms with Crippen LogP contribution in [0.5, 0.6) is 23.3 Å². The van der Waals surface area contributed by atoms with Crippen LogP contribution >= 0.6 is 22.9 Å². The van der Waals surface area contributed by atoms with E-state index < -0.39 is 18.5 Å². The van der Waals surface area contributed by atoms with Gasteiger partial charge in [0.05, 0.1) is 48.5 Å². The normalized spacial score (nSPS) is 14.9. The number of amides is 1. The first-order chi connectivity index (χ1) is 20.3. The summed E-state index contributed by atoms with van der Waals surface area (Å²) in [4.78, 5) is 31.5. The molecule has 1 aliphatic rings. The summed E-state index contributed by atoms with van der Waals surface area (Å²) >= 11 is 7.85. The van der Waals surface area contributed by atoms with Crippen molar-refractivity contribution in [2.75, 3.05) is 32.3 Å².